The van der Waals surface area contributed by atoms with Gasteiger partial charge in [-0.15, -0.1) is 0 Å². The molecule has 2 amide bonds. The maximum absolute atomic E-state index is 11.9. The van der Waals surface area contributed by atoms with Crippen LogP contribution < -0.4 is 10.0 Å². The second-order valence-corrected chi connectivity index (χ2v) is 6.72. The summed E-state index contributed by atoms with van der Waals surface area (Å²) in [6.45, 7) is 1.83. The van der Waals surface area contributed by atoms with Gasteiger partial charge in [0.15, 0.2) is 0 Å². The van der Waals surface area contributed by atoms with Gasteiger partial charge >= 0.3 is 11.8 Å². The molecule has 120 valence electrons. The van der Waals surface area contributed by atoms with Crippen LogP contribution in [0.1, 0.15) is 11.1 Å². The first-order chi connectivity index (χ1) is 10.9. The smallest absolute Gasteiger partial charge is 0.318 e. The Morgan fingerprint density at radius 2 is 1.65 bits per heavy atom. The molecule has 2 aromatic rings. The Balaban J connectivity index is 1.98. The Bertz CT molecular complexity index is 817. The zero-order chi connectivity index (χ0) is 16.9. The van der Waals surface area contributed by atoms with Gasteiger partial charge in [-0.1, -0.05) is 42.5 Å². The molecule has 7 heteroatoms. The van der Waals surface area contributed by atoms with Gasteiger partial charge in [-0.3, -0.25) is 9.59 Å². The van der Waals surface area contributed by atoms with Gasteiger partial charge in [-0.25, -0.2) is 13.1 Å². The summed E-state index contributed by atoms with van der Waals surface area (Å²) in [6.07, 6.45) is 0. The summed E-state index contributed by atoms with van der Waals surface area (Å²) in [5, 5.41) is 2.35. The number of aryl methyl sites for hydroxylation is 1. The average Bonchev–Trinajstić information content (AvgIpc) is 2.47. The SMILES string of the molecule is Cc1cccc(NC(=O)C(=O)NS(=O)(=O)Cc2ccccc2)c1. The van der Waals surface area contributed by atoms with Crippen molar-refractivity contribution in [1.29, 1.82) is 0 Å². The minimum atomic E-state index is -3.94. The molecule has 0 bridgehead atoms. The lowest BCUT2D eigenvalue weighted by atomic mass is 10.2. The van der Waals surface area contributed by atoms with Crippen LogP contribution in [0.15, 0.2) is 54.6 Å². The lowest BCUT2D eigenvalue weighted by molar-refractivity contribution is -0.135. The van der Waals surface area contributed by atoms with E-state index in [1.165, 1.54) is 0 Å². The predicted molar refractivity (Wildman–Crippen MR) is 87.0 cm³/mol. The molecule has 0 radical (unpaired) electrons. The third-order valence-electron chi connectivity index (χ3n) is 2.93. The number of carbonyl (C=O) groups excluding carboxylic acids is 2. The number of hydrogen-bond acceptors (Lipinski definition) is 4. The van der Waals surface area contributed by atoms with Crippen molar-refractivity contribution in [2.24, 2.45) is 0 Å². The first kappa shape index (κ1) is 16.7. The van der Waals surface area contributed by atoms with Crippen LogP contribution in [0.5, 0.6) is 0 Å². The average molecular weight is 332 g/mol. The summed E-state index contributed by atoms with van der Waals surface area (Å²) >= 11 is 0. The minimum Gasteiger partial charge on any atom is -0.318 e. The van der Waals surface area contributed by atoms with Crippen molar-refractivity contribution in [3.8, 4) is 0 Å². The molecule has 0 aliphatic carbocycles. The fourth-order valence-corrected chi connectivity index (χ4v) is 3.01. The molecule has 0 heterocycles. The molecule has 0 aliphatic heterocycles. The molecule has 23 heavy (non-hydrogen) atoms. The van der Waals surface area contributed by atoms with Crippen molar-refractivity contribution in [2.45, 2.75) is 12.7 Å². The number of benzene rings is 2. The fraction of sp³-hybridized carbons (Fsp3) is 0.125. The van der Waals surface area contributed by atoms with Crippen LogP contribution in [0.3, 0.4) is 0 Å². The Morgan fingerprint density at radius 1 is 0.957 bits per heavy atom. The van der Waals surface area contributed by atoms with Crippen LogP contribution in [-0.4, -0.2) is 20.2 Å². The van der Waals surface area contributed by atoms with E-state index in [4.69, 9.17) is 0 Å². The van der Waals surface area contributed by atoms with E-state index in [-0.39, 0.29) is 5.75 Å². The molecule has 0 aliphatic rings. The van der Waals surface area contributed by atoms with E-state index in [1.54, 1.807) is 53.3 Å². The molecular formula is C16H16N2O4S. The number of hydrogen-bond donors (Lipinski definition) is 2. The van der Waals surface area contributed by atoms with Crippen LogP contribution in [-0.2, 0) is 25.4 Å². The molecule has 0 atom stereocenters. The normalized spacial score (nSPS) is 10.8. The first-order valence-corrected chi connectivity index (χ1v) is 8.47. The Morgan fingerprint density at radius 3 is 2.30 bits per heavy atom. The van der Waals surface area contributed by atoms with Crippen LogP contribution in [0.25, 0.3) is 0 Å². The van der Waals surface area contributed by atoms with E-state index in [2.05, 4.69) is 5.32 Å². The Kier molecular flexibility index (Phi) is 5.13. The summed E-state index contributed by atoms with van der Waals surface area (Å²) in [6, 6.07) is 15.2. The molecular weight excluding hydrogens is 316 g/mol. The van der Waals surface area contributed by atoms with Crippen LogP contribution in [0.2, 0.25) is 0 Å². The van der Waals surface area contributed by atoms with E-state index in [0.717, 1.165) is 5.56 Å². The van der Waals surface area contributed by atoms with Crippen molar-refractivity contribution in [3.63, 3.8) is 0 Å². The van der Waals surface area contributed by atoms with Gasteiger partial charge in [-0.2, -0.15) is 0 Å². The molecule has 2 N–H and O–H groups in total. The molecule has 0 aromatic heterocycles. The topological polar surface area (TPSA) is 92.3 Å². The number of sulfonamides is 1. The monoisotopic (exact) mass is 332 g/mol. The highest BCUT2D eigenvalue weighted by Crippen LogP contribution is 2.09. The summed E-state index contributed by atoms with van der Waals surface area (Å²) in [4.78, 5) is 23.5. The maximum Gasteiger partial charge on any atom is 0.323 e. The van der Waals surface area contributed by atoms with Gasteiger partial charge in [0.25, 0.3) is 0 Å². The highest BCUT2D eigenvalue weighted by molar-refractivity contribution is 7.89. The van der Waals surface area contributed by atoms with Gasteiger partial charge in [0, 0.05) is 5.69 Å². The molecule has 2 rings (SSSR count). The number of anilines is 1. The Labute approximate surface area is 134 Å². The van der Waals surface area contributed by atoms with Gasteiger partial charge in [0.1, 0.15) is 0 Å². The van der Waals surface area contributed by atoms with Gasteiger partial charge in [0.05, 0.1) is 5.75 Å². The van der Waals surface area contributed by atoms with Crippen LogP contribution >= 0.6 is 0 Å². The standard InChI is InChI=1S/C16H16N2O4S/c1-12-6-5-9-14(10-12)17-15(19)16(20)18-23(21,22)11-13-7-3-2-4-8-13/h2-10H,11H2,1H3,(H,17,19)(H,18,20). The predicted octanol–water partition coefficient (Wildman–Crippen LogP) is 1.58. The number of amides is 2. The lowest BCUT2D eigenvalue weighted by Gasteiger charge is -2.08. The van der Waals surface area contributed by atoms with Gasteiger partial charge in [-0.05, 0) is 30.2 Å². The number of carbonyl (C=O) groups is 2. The van der Waals surface area contributed by atoms with Crippen LogP contribution in [0, 0.1) is 6.92 Å². The molecule has 2 aromatic carbocycles. The van der Waals surface area contributed by atoms with Crippen LogP contribution in [0.4, 0.5) is 5.69 Å². The molecule has 0 fully saturated rings. The van der Waals surface area contributed by atoms with Crippen molar-refractivity contribution >= 4 is 27.5 Å². The van der Waals surface area contributed by atoms with Crippen molar-refractivity contribution in [2.75, 3.05) is 5.32 Å². The second kappa shape index (κ2) is 7.06. The first-order valence-electron chi connectivity index (χ1n) is 6.82. The Hall–Kier alpha value is -2.67. The molecule has 0 saturated carbocycles. The fourth-order valence-electron chi connectivity index (χ4n) is 1.93. The third-order valence-corrected chi connectivity index (χ3v) is 4.14. The van der Waals surface area contributed by atoms with Crippen molar-refractivity contribution in [1.82, 2.24) is 4.72 Å². The zero-order valence-electron chi connectivity index (χ0n) is 12.4. The number of rotatable bonds is 4. The lowest BCUT2D eigenvalue weighted by Crippen LogP contribution is -2.39. The quantitative estimate of drug-likeness (QED) is 0.832. The summed E-state index contributed by atoms with van der Waals surface area (Å²) in [7, 11) is -3.94. The molecule has 0 unspecified atom stereocenters. The van der Waals surface area contributed by atoms with E-state index in [0.29, 0.717) is 11.3 Å². The molecule has 6 nitrogen and oxygen atoms in total. The minimum absolute atomic E-state index is 0.378. The van der Waals surface area contributed by atoms with Crippen molar-refractivity contribution in [3.05, 3.63) is 65.7 Å². The van der Waals surface area contributed by atoms with E-state index < -0.39 is 21.8 Å². The van der Waals surface area contributed by atoms with Gasteiger partial charge in [0.2, 0.25) is 10.0 Å². The van der Waals surface area contributed by atoms with Crippen molar-refractivity contribution < 1.29 is 18.0 Å². The summed E-state index contributed by atoms with van der Waals surface area (Å²) in [5.41, 5.74) is 1.84. The highest BCUT2D eigenvalue weighted by Gasteiger charge is 2.21. The van der Waals surface area contributed by atoms with E-state index >= 15 is 0 Å². The van der Waals surface area contributed by atoms with E-state index in [9.17, 15) is 18.0 Å². The zero-order valence-corrected chi connectivity index (χ0v) is 13.3. The third kappa shape index (κ3) is 5.23. The second-order valence-electron chi connectivity index (χ2n) is 5.00. The number of nitrogens with one attached hydrogen (secondary N) is 2. The highest BCUT2D eigenvalue weighted by atomic mass is 32.2. The molecule has 0 spiro atoms. The maximum atomic E-state index is 11.9. The van der Waals surface area contributed by atoms with E-state index in [1.807, 2.05) is 13.0 Å². The van der Waals surface area contributed by atoms with Gasteiger partial charge < -0.3 is 5.32 Å². The molecule has 0 saturated heterocycles. The summed E-state index contributed by atoms with van der Waals surface area (Å²) in [5.74, 6) is -2.63. The largest absolute Gasteiger partial charge is 0.323 e. The summed E-state index contributed by atoms with van der Waals surface area (Å²) < 4.78 is 25.6.